The molecule has 0 amide bonds. The number of para-hydroxylation sites is 1. The van der Waals surface area contributed by atoms with Gasteiger partial charge in [0.1, 0.15) is 0 Å². The van der Waals surface area contributed by atoms with Gasteiger partial charge in [0.25, 0.3) is 0 Å². The normalized spacial score (nSPS) is 20.3. The van der Waals surface area contributed by atoms with Crippen LogP contribution < -0.4 is 5.32 Å². The van der Waals surface area contributed by atoms with E-state index < -0.39 is 10.0 Å². The number of anilines is 1. The molecule has 0 bridgehead atoms. The van der Waals surface area contributed by atoms with Gasteiger partial charge in [0, 0.05) is 30.9 Å². The molecular weight excluding hydrogens is 260 g/mol. The van der Waals surface area contributed by atoms with Crippen LogP contribution in [0.25, 0.3) is 5.57 Å². The SMILES string of the molecule is CS(=O)(=O)N1CCC(=C2CNc3ccccc32)CC1. The molecule has 19 heavy (non-hydrogen) atoms. The van der Waals surface area contributed by atoms with Gasteiger partial charge in [0.2, 0.25) is 10.0 Å². The van der Waals surface area contributed by atoms with Crippen LogP contribution in [0.15, 0.2) is 29.8 Å². The maximum atomic E-state index is 11.5. The van der Waals surface area contributed by atoms with Crippen molar-refractivity contribution in [3.8, 4) is 0 Å². The molecule has 1 N–H and O–H groups in total. The second-order valence-electron chi connectivity index (χ2n) is 5.14. The molecule has 5 heteroatoms. The summed E-state index contributed by atoms with van der Waals surface area (Å²) in [6.07, 6.45) is 2.98. The van der Waals surface area contributed by atoms with Crippen LogP contribution >= 0.6 is 0 Å². The Hall–Kier alpha value is -1.33. The molecule has 2 aliphatic rings. The van der Waals surface area contributed by atoms with Crippen LogP contribution in [0.3, 0.4) is 0 Å². The Bertz CT molecular complexity index is 625. The number of rotatable bonds is 1. The van der Waals surface area contributed by atoms with E-state index in [2.05, 4.69) is 23.5 Å². The Morgan fingerprint density at radius 1 is 1.16 bits per heavy atom. The lowest BCUT2D eigenvalue weighted by Crippen LogP contribution is -2.35. The van der Waals surface area contributed by atoms with Gasteiger partial charge in [0.15, 0.2) is 0 Å². The maximum absolute atomic E-state index is 11.5. The van der Waals surface area contributed by atoms with Gasteiger partial charge in [0.05, 0.1) is 6.26 Å². The zero-order chi connectivity index (χ0) is 13.5. The summed E-state index contributed by atoms with van der Waals surface area (Å²) >= 11 is 0. The van der Waals surface area contributed by atoms with Gasteiger partial charge in [-0.05, 0) is 24.5 Å². The number of benzene rings is 1. The van der Waals surface area contributed by atoms with Gasteiger partial charge in [-0.2, -0.15) is 0 Å². The highest BCUT2D eigenvalue weighted by molar-refractivity contribution is 7.88. The quantitative estimate of drug-likeness (QED) is 0.854. The first-order valence-electron chi connectivity index (χ1n) is 6.55. The molecule has 0 saturated carbocycles. The van der Waals surface area contributed by atoms with E-state index in [4.69, 9.17) is 0 Å². The third-order valence-corrected chi connectivity index (χ3v) is 5.23. The van der Waals surface area contributed by atoms with Crippen molar-refractivity contribution in [2.24, 2.45) is 0 Å². The van der Waals surface area contributed by atoms with Gasteiger partial charge in [-0.25, -0.2) is 12.7 Å². The molecule has 2 heterocycles. The lowest BCUT2D eigenvalue weighted by molar-refractivity contribution is 0.390. The van der Waals surface area contributed by atoms with Gasteiger partial charge < -0.3 is 5.32 Å². The molecule has 4 nitrogen and oxygen atoms in total. The molecule has 1 aromatic rings. The highest BCUT2D eigenvalue weighted by atomic mass is 32.2. The summed E-state index contributed by atoms with van der Waals surface area (Å²) in [4.78, 5) is 0. The van der Waals surface area contributed by atoms with Gasteiger partial charge in [-0.1, -0.05) is 23.8 Å². The van der Waals surface area contributed by atoms with E-state index in [-0.39, 0.29) is 0 Å². The van der Waals surface area contributed by atoms with Crippen LogP contribution in [0.1, 0.15) is 18.4 Å². The van der Waals surface area contributed by atoms with E-state index in [1.807, 2.05) is 6.07 Å². The smallest absolute Gasteiger partial charge is 0.211 e. The number of piperidine rings is 1. The molecule has 0 atom stereocenters. The molecule has 1 aromatic carbocycles. The molecular formula is C14H18N2O2S. The fraction of sp³-hybridized carbons (Fsp3) is 0.429. The molecule has 1 fully saturated rings. The van der Waals surface area contributed by atoms with Crippen LogP contribution in [-0.4, -0.2) is 38.6 Å². The number of hydrogen-bond acceptors (Lipinski definition) is 3. The third kappa shape index (κ3) is 2.40. The first-order chi connectivity index (χ1) is 9.05. The predicted octanol–water partition coefficient (Wildman–Crippen LogP) is 1.92. The zero-order valence-electron chi connectivity index (χ0n) is 11.0. The number of fused-ring (bicyclic) bond motifs is 1. The minimum atomic E-state index is -3.04. The van der Waals surface area contributed by atoms with Crippen LogP contribution in [-0.2, 0) is 10.0 Å². The lowest BCUT2D eigenvalue weighted by Gasteiger charge is -2.27. The summed E-state index contributed by atoms with van der Waals surface area (Å²) in [5.41, 5.74) is 5.24. The second-order valence-corrected chi connectivity index (χ2v) is 7.13. The zero-order valence-corrected chi connectivity index (χ0v) is 11.8. The number of nitrogens with one attached hydrogen (secondary N) is 1. The summed E-state index contributed by atoms with van der Waals surface area (Å²) in [6.45, 7) is 2.09. The van der Waals surface area contributed by atoms with Crippen molar-refractivity contribution < 1.29 is 8.42 Å². The Kier molecular flexibility index (Phi) is 3.11. The highest BCUT2D eigenvalue weighted by Gasteiger charge is 2.25. The Balaban J connectivity index is 1.84. The topological polar surface area (TPSA) is 49.4 Å². The molecule has 0 aromatic heterocycles. The van der Waals surface area contributed by atoms with Crippen molar-refractivity contribution >= 4 is 21.3 Å². The van der Waals surface area contributed by atoms with E-state index in [9.17, 15) is 8.42 Å². The Labute approximate surface area is 114 Å². The molecule has 0 radical (unpaired) electrons. The van der Waals surface area contributed by atoms with E-state index in [0.717, 1.165) is 19.4 Å². The van der Waals surface area contributed by atoms with Crippen LogP contribution in [0.2, 0.25) is 0 Å². The number of hydrogen-bond donors (Lipinski definition) is 1. The highest BCUT2D eigenvalue weighted by Crippen LogP contribution is 2.35. The van der Waals surface area contributed by atoms with E-state index in [1.54, 1.807) is 4.31 Å². The predicted molar refractivity (Wildman–Crippen MR) is 77.5 cm³/mol. The first kappa shape index (κ1) is 12.7. The average molecular weight is 278 g/mol. The van der Waals surface area contributed by atoms with Crippen molar-refractivity contribution in [1.82, 2.24) is 4.31 Å². The second kappa shape index (κ2) is 4.65. The molecule has 0 spiro atoms. The monoisotopic (exact) mass is 278 g/mol. The molecule has 2 aliphatic heterocycles. The van der Waals surface area contributed by atoms with Crippen molar-refractivity contribution in [1.29, 1.82) is 0 Å². The van der Waals surface area contributed by atoms with Crippen molar-refractivity contribution in [2.75, 3.05) is 31.2 Å². The molecule has 1 saturated heterocycles. The summed E-state index contributed by atoms with van der Waals surface area (Å²) in [6, 6.07) is 8.32. The number of nitrogens with zero attached hydrogens (tertiary/aromatic N) is 1. The fourth-order valence-corrected chi connectivity index (χ4v) is 3.73. The van der Waals surface area contributed by atoms with E-state index in [0.29, 0.717) is 13.1 Å². The van der Waals surface area contributed by atoms with E-state index >= 15 is 0 Å². The molecule has 102 valence electrons. The summed E-state index contributed by atoms with van der Waals surface area (Å²) in [5, 5.41) is 3.40. The largest absolute Gasteiger partial charge is 0.380 e. The van der Waals surface area contributed by atoms with Gasteiger partial charge in [-0.15, -0.1) is 0 Å². The standard InChI is InChI=1S/C14H18N2O2S/c1-19(17,18)16-8-6-11(7-9-16)13-10-15-14-5-3-2-4-12(13)14/h2-5,15H,6-10H2,1H3. The minimum absolute atomic E-state index is 0.611. The molecule has 3 rings (SSSR count). The Morgan fingerprint density at radius 3 is 2.53 bits per heavy atom. The van der Waals surface area contributed by atoms with Crippen molar-refractivity contribution in [3.05, 3.63) is 35.4 Å². The summed E-state index contributed by atoms with van der Waals surface area (Å²) in [5.74, 6) is 0. The number of sulfonamides is 1. The minimum Gasteiger partial charge on any atom is -0.380 e. The van der Waals surface area contributed by atoms with Crippen molar-refractivity contribution in [2.45, 2.75) is 12.8 Å². The Morgan fingerprint density at radius 2 is 1.84 bits per heavy atom. The fourth-order valence-electron chi connectivity index (χ4n) is 2.88. The van der Waals surface area contributed by atoms with Crippen LogP contribution in [0, 0.1) is 0 Å². The van der Waals surface area contributed by atoms with Crippen molar-refractivity contribution in [3.63, 3.8) is 0 Å². The lowest BCUT2D eigenvalue weighted by atomic mass is 9.95. The maximum Gasteiger partial charge on any atom is 0.211 e. The average Bonchev–Trinajstić information content (AvgIpc) is 2.82. The van der Waals surface area contributed by atoms with Gasteiger partial charge >= 0.3 is 0 Å². The summed E-state index contributed by atoms with van der Waals surface area (Å²) < 4.78 is 24.6. The van der Waals surface area contributed by atoms with Crippen LogP contribution in [0.4, 0.5) is 5.69 Å². The summed E-state index contributed by atoms with van der Waals surface area (Å²) in [7, 11) is -3.04. The van der Waals surface area contributed by atoms with E-state index in [1.165, 1.54) is 28.7 Å². The molecule has 0 aliphatic carbocycles. The third-order valence-electron chi connectivity index (χ3n) is 3.93. The van der Waals surface area contributed by atoms with Gasteiger partial charge in [-0.3, -0.25) is 0 Å². The molecule has 0 unspecified atom stereocenters. The van der Waals surface area contributed by atoms with Crippen LogP contribution in [0.5, 0.6) is 0 Å². The first-order valence-corrected chi connectivity index (χ1v) is 8.40.